The van der Waals surface area contributed by atoms with Crippen LogP contribution in [0.1, 0.15) is 22.8 Å². The second-order valence-electron chi connectivity index (χ2n) is 6.62. The summed E-state index contributed by atoms with van der Waals surface area (Å²) in [5.41, 5.74) is 3.16. The maximum atomic E-state index is 12.5. The topological polar surface area (TPSA) is 98.3 Å². The lowest BCUT2D eigenvalue weighted by Crippen LogP contribution is -2.06. The molecule has 0 atom stereocenters. The van der Waals surface area contributed by atoms with Crippen LogP contribution >= 0.6 is 34.5 Å². The number of rotatable bonds is 5. The summed E-state index contributed by atoms with van der Waals surface area (Å²) in [6.45, 7) is 1.66. The van der Waals surface area contributed by atoms with E-state index in [0.717, 1.165) is 5.56 Å². The number of nitrogens with zero attached hydrogens (tertiary/aromatic N) is 1. The minimum absolute atomic E-state index is 0.0800. The van der Waals surface area contributed by atoms with Crippen LogP contribution in [0, 0.1) is 0 Å². The largest absolute Gasteiger partial charge is 0.506 e. The molecule has 2 aromatic carbocycles. The van der Waals surface area contributed by atoms with Gasteiger partial charge in [0.05, 0.1) is 26.0 Å². The van der Waals surface area contributed by atoms with Crippen molar-refractivity contribution >= 4 is 57.1 Å². The summed E-state index contributed by atoms with van der Waals surface area (Å²) in [4.78, 5) is 34.1. The van der Waals surface area contributed by atoms with Gasteiger partial charge in [0.2, 0.25) is 0 Å². The van der Waals surface area contributed by atoms with Gasteiger partial charge < -0.3 is 15.1 Å². The number of benzene rings is 2. The van der Waals surface area contributed by atoms with E-state index in [1.54, 1.807) is 48.7 Å². The van der Waals surface area contributed by atoms with Gasteiger partial charge in [-0.15, -0.1) is 11.3 Å². The van der Waals surface area contributed by atoms with Gasteiger partial charge in [0.15, 0.2) is 5.78 Å². The molecule has 3 N–H and O–H groups in total. The Kier molecular flexibility index (Phi) is 5.51. The second-order valence-corrected chi connectivity index (χ2v) is 8.31. The van der Waals surface area contributed by atoms with Crippen LogP contribution in [0.4, 0.5) is 0 Å². The molecule has 2 heterocycles. The fourth-order valence-corrected chi connectivity index (χ4v) is 4.32. The van der Waals surface area contributed by atoms with Crippen LogP contribution in [0.15, 0.2) is 51.6 Å². The standard InChI is InChI=1S/C21H15Cl2N3O3S/c1-10(13-9-30-20(19(13)28)12-2-4-14(22)15(23)6-12)24-8-18(27)11-3-5-16-17(7-11)26-21(29)25-16/h2-7,9,28H,8H2,1H3,(H2,25,26,29). The maximum Gasteiger partial charge on any atom is 0.323 e. The zero-order valence-electron chi connectivity index (χ0n) is 15.6. The molecule has 9 heteroatoms. The Hall–Kier alpha value is -2.87. The van der Waals surface area contributed by atoms with E-state index in [4.69, 9.17) is 23.2 Å². The third kappa shape index (κ3) is 3.92. The quantitative estimate of drug-likeness (QED) is 0.279. The number of aliphatic imine (C=N–C) groups is 1. The number of aromatic amines is 2. The van der Waals surface area contributed by atoms with Crippen LogP contribution in [0.2, 0.25) is 10.0 Å². The van der Waals surface area contributed by atoms with Gasteiger partial charge in [-0.3, -0.25) is 9.79 Å². The molecule has 2 aromatic heterocycles. The number of hydrogen-bond donors (Lipinski definition) is 3. The number of Topliss-reactive ketones (excluding diaryl/α,β-unsaturated/α-hetero) is 1. The molecule has 6 nitrogen and oxygen atoms in total. The highest BCUT2D eigenvalue weighted by Crippen LogP contribution is 2.40. The molecule has 0 saturated carbocycles. The molecule has 0 aliphatic rings. The summed E-state index contributed by atoms with van der Waals surface area (Å²) < 4.78 is 0. The van der Waals surface area contributed by atoms with E-state index in [-0.39, 0.29) is 23.8 Å². The van der Waals surface area contributed by atoms with Crippen molar-refractivity contribution in [1.82, 2.24) is 9.97 Å². The third-order valence-corrected chi connectivity index (χ3v) is 6.39. The number of H-pyrrole nitrogens is 2. The molecule has 0 aliphatic heterocycles. The third-order valence-electron chi connectivity index (χ3n) is 4.63. The van der Waals surface area contributed by atoms with Crippen molar-refractivity contribution in [2.45, 2.75) is 6.92 Å². The first-order valence-electron chi connectivity index (χ1n) is 8.86. The van der Waals surface area contributed by atoms with Crippen LogP contribution in [-0.4, -0.2) is 33.1 Å². The Balaban J connectivity index is 1.55. The molecule has 4 aromatic rings. The van der Waals surface area contributed by atoms with Gasteiger partial charge >= 0.3 is 5.69 Å². The van der Waals surface area contributed by atoms with Gasteiger partial charge in [-0.2, -0.15) is 0 Å². The first-order valence-corrected chi connectivity index (χ1v) is 10.5. The molecule has 0 radical (unpaired) electrons. The Morgan fingerprint density at radius 3 is 2.63 bits per heavy atom. The summed E-state index contributed by atoms with van der Waals surface area (Å²) in [5.74, 6) is -0.115. The van der Waals surface area contributed by atoms with Crippen molar-refractivity contribution < 1.29 is 9.90 Å². The van der Waals surface area contributed by atoms with E-state index in [0.29, 0.717) is 42.8 Å². The molecule has 0 saturated heterocycles. The number of thiophene rings is 1. The number of halogens is 2. The van der Waals surface area contributed by atoms with Crippen molar-refractivity contribution in [1.29, 1.82) is 0 Å². The number of nitrogens with one attached hydrogen (secondary N) is 2. The number of aromatic nitrogens is 2. The molecule has 0 unspecified atom stereocenters. The number of hydrogen-bond acceptors (Lipinski definition) is 5. The number of ketones is 1. The average molecular weight is 460 g/mol. The number of carbonyl (C=O) groups is 1. The van der Waals surface area contributed by atoms with Crippen molar-refractivity contribution in [3.63, 3.8) is 0 Å². The van der Waals surface area contributed by atoms with Gasteiger partial charge in [0.1, 0.15) is 12.3 Å². The highest BCUT2D eigenvalue weighted by molar-refractivity contribution is 7.14. The first kappa shape index (κ1) is 20.4. The van der Waals surface area contributed by atoms with Gasteiger partial charge in [0, 0.05) is 22.2 Å². The van der Waals surface area contributed by atoms with Gasteiger partial charge in [-0.1, -0.05) is 29.3 Å². The van der Waals surface area contributed by atoms with E-state index in [1.165, 1.54) is 11.3 Å². The Morgan fingerprint density at radius 2 is 1.87 bits per heavy atom. The number of imidazole rings is 1. The Labute approximate surface area is 184 Å². The number of fused-ring (bicyclic) bond motifs is 1. The maximum absolute atomic E-state index is 12.5. The molecular formula is C21H15Cl2N3O3S. The van der Waals surface area contributed by atoms with Crippen molar-refractivity contribution in [2.75, 3.05) is 6.54 Å². The Morgan fingerprint density at radius 1 is 1.10 bits per heavy atom. The van der Waals surface area contributed by atoms with Gasteiger partial charge in [0.25, 0.3) is 0 Å². The minimum Gasteiger partial charge on any atom is -0.506 e. The molecule has 4 rings (SSSR count). The van der Waals surface area contributed by atoms with E-state index < -0.39 is 0 Å². The normalized spacial score (nSPS) is 11.9. The summed E-state index contributed by atoms with van der Waals surface area (Å²) in [6.07, 6.45) is 0. The fraction of sp³-hybridized carbons (Fsp3) is 0.0952. The highest BCUT2D eigenvalue weighted by atomic mass is 35.5. The monoisotopic (exact) mass is 459 g/mol. The second kappa shape index (κ2) is 8.10. The highest BCUT2D eigenvalue weighted by Gasteiger charge is 2.16. The molecule has 0 amide bonds. The Bertz CT molecular complexity index is 1370. The predicted octanol–water partition coefficient (Wildman–Crippen LogP) is 5.29. The van der Waals surface area contributed by atoms with Crippen LogP contribution in [0.25, 0.3) is 21.5 Å². The van der Waals surface area contributed by atoms with E-state index in [2.05, 4.69) is 15.0 Å². The lowest BCUT2D eigenvalue weighted by atomic mass is 10.1. The predicted molar refractivity (Wildman–Crippen MR) is 122 cm³/mol. The SMILES string of the molecule is CC(=NCC(=O)c1ccc2[nH]c(=O)[nH]c2c1)c1csc(-c2ccc(Cl)c(Cl)c2)c1O. The molecule has 152 valence electrons. The summed E-state index contributed by atoms with van der Waals surface area (Å²) >= 11 is 13.4. The average Bonchev–Trinajstić information content (AvgIpc) is 3.29. The van der Waals surface area contributed by atoms with Crippen molar-refractivity contribution in [2.24, 2.45) is 4.99 Å². The van der Waals surface area contributed by atoms with Crippen LogP contribution < -0.4 is 5.69 Å². The summed E-state index contributed by atoms with van der Waals surface area (Å²) in [5, 5.41) is 13.3. The van der Waals surface area contributed by atoms with Crippen LogP contribution in [0.5, 0.6) is 5.75 Å². The van der Waals surface area contributed by atoms with Gasteiger partial charge in [-0.05, 0) is 42.8 Å². The van der Waals surface area contributed by atoms with Gasteiger partial charge in [-0.25, -0.2) is 4.79 Å². The lowest BCUT2D eigenvalue weighted by Gasteiger charge is -2.04. The minimum atomic E-state index is -0.325. The van der Waals surface area contributed by atoms with E-state index >= 15 is 0 Å². The smallest absolute Gasteiger partial charge is 0.323 e. The van der Waals surface area contributed by atoms with Crippen molar-refractivity contribution in [3.05, 3.63) is 73.4 Å². The van der Waals surface area contributed by atoms with E-state index in [9.17, 15) is 14.7 Å². The van der Waals surface area contributed by atoms with Crippen LogP contribution in [0.3, 0.4) is 0 Å². The van der Waals surface area contributed by atoms with E-state index in [1.807, 2.05) is 0 Å². The summed E-state index contributed by atoms with van der Waals surface area (Å²) in [6, 6.07) is 10.1. The van der Waals surface area contributed by atoms with Crippen molar-refractivity contribution in [3.8, 4) is 16.2 Å². The molecule has 0 bridgehead atoms. The molecular weight excluding hydrogens is 445 g/mol. The number of carbonyl (C=O) groups excluding carboxylic acids is 1. The number of aromatic hydroxyl groups is 1. The zero-order valence-corrected chi connectivity index (χ0v) is 18.0. The molecule has 30 heavy (non-hydrogen) atoms. The zero-order chi connectivity index (χ0) is 21.4. The fourth-order valence-electron chi connectivity index (χ4n) is 3.02. The molecule has 0 fully saturated rings. The molecule has 0 aliphatic carbocycles. The first-order chi connectivity index (χ1) is 14.3. The summed E-state index contributed by atoms with van der Waals surface area (Å²) in [7, 11) is 0. The molecule has 0 spiro atoms. The van der Waals surface area contributed by atoms with Crippen LogP contribution in [-0.2, 0) is 0 Å². The lowest BCUT2D eigenvalue weighted by molar-refractivity contribution is 0.100.